The Kier molecular flexibility index (Phi) is 6.40. The van der Waals surface area contributed by atoms with Gasteiger partial charge >= 0.3 is 0 Å². The fourth-order valence-electron chi connectivity index (χ4n) is 2.92. The first-order chi connectivity index (χ1) is 13.0. The van der Waals surface area contributed by atoms with Crippen molar-refractivity contribution >= 4 is 25.8 Å². The highest BCUT2D eigenvalue weighted by molar-refractivity contribution is 7.93. The van der Waals surface area contributed by atoms with Crippen LogP contribution in [-0.4, -0.2) is 61.9 Å². The van der Waals surface area contributed by atoms with E-state index >= 15 is 0 Å². The first-order valence-electron chi connectivity index (χ1n) is 8.29. The lowest BCUT2D eigenvalue weighted by molar-refractivity contribution is -0.134. The number of hydrogen-bond donors (Lipinski definition) is 2. The number of carbonyl (C=O) groups is 1. The molecular formula is C17H22N2O7S2. The zero-order valence-electron chi connectivity index (χ0n) is 15.7. The minimum absolute atomic E-state index is 0.132. The zero-order valence-corrected chi connectivity index (χ0v) is 17.3. The van der Waals surface area contributed by atoms with Gasteiger partial charge in [-0.15, -0.1) is 5.92 Å². The molecule has 0 spiro atoms. The third-order valence-electron chi connectivity index (χ3n) is 4.61. The molecule has 2 N–H and O–H groups in total. The number of amides is 1. The average molecular weight is 431 g/mol. The highest BCUT2D eigenvalue weighted by Gasteiger charge is 2.55. The third kappa shape index (κ3) is 4.00. The van der Waals surface area contributed by atoms with Crippen molar-refractivity contribution in [3.05, 3.63) is 24.3 Å². The summed E-state index contributed by atoms with van der Waals surface area (Å²) in [6.07, 6.45) is 0. The predicted octanol–water partition coefficient (Wildman–Crippen LogP) is 0.160. The SMILES string of the molecule is CC#CCOc1ccc(S(=O)(=O)N2CCS(=O)(=O)C(C)(C)[C@@H]2C(=O)NO)cc1. The Balaban J connectivity index is 2.42. The highest BCUT2D eigenvalue weighted by atomic mass is 32.2. The van der Waals surface area contributed by atoms with E-state index in [2.05, 4.69) is 11.8 Å². The molecule has 154 valence electrons. The van der Waals surface area contributed by atoms with Crippen molar-refractivity contribution < 1.29 is 31.6 Å². The summed E-state index contributed by atoms with van der Waals surface area (Å²) in [6, 6.07) is 3.85. The minimum Gasteiger partial charge on any atom is -0.481 e. The Morgan fingerprint density at radius 1 is 1.36 bits per heavy atom. The van der Waals surface area contributed by atoms with E-state index in [1.807, 2.05) is 0 Å². The van der Waals surface area contributed by atoms with Crippen LogP contribution in [0.5, 0.6) is 5.75 Å². The van der Waals surface area contributed by atoms with Gasteiger partial charge in [0.25, 0.3) is 5.91 Å². The van der Waals surface area contributed by atoms with Gasteiger partial charge in [-0.2, -0.15) is 4.31 Å². The van der Waals surface area contributed by atoms with Crippen molar-refractivity contribution in [1.82, 2.24) is 9.79 Å². The highest BCUT2D eigenvalue weighted by Crippen LogP contribution is 2.34. The third-order valence-corrected chi connectivity index (χ3v) is 9.03. The first-order valence-corrected chi connectivity index (χ1v) is 11.4. The molecule has 11 heteroatoms. The van der Waals surface area contributed by atoms with Crippen LogP contribution in [0.1, 0.15) is 20.8 Å². The number of benzene rings is 1. The van der Waals surface area contributed by atoms with Gasteiger partial charge in [0.2, 0.25) is 10.0 Å². The number of carbonyl (C=O) groups excluding carboxylic acids is 1. The summed E-state index contributed by atoms with van der Waals surface area (Å²) in [5, 5.41) is 9.04. The van der Waals surface area contributed by atoms with Gasteiger partial charge in [-0.3, -0.25) is 10.0 Å². The van der Waals surface area contributed by atoms with E-state index in [4.69, 9.17) is 9.94 Å². The lowest BCUT2D eigenvalue weighted by Crippen LogP contribution is -2.66. The fraction of sp³-hybridized carbons (Fsp3) is 0.471. The maximum absolute atomic E-state index is 13.1. The molecule has 1 aliphatic heterocycles. The Morgan fingerprint density at radius 2 is 1.96 bits per heavy atom. The van der Waals surface area contributed by atoms with Crippen LogP contribution in [-0.2, 0) is 24.7 Å². The predicted molar refractivity (Wildman–Crippen MR) is 101 cm³/mol. The molecular weight excluding hydrogens is 408 g/mol. The molecule has 1 aromatic carbocycles. The summed E-state index contributed by atoms with van der Waals surface area (Å²) in [5.41, 5.74) is 1.38. The van der Waals surface area contributed by atoms with E-state index < -0.39 is 48.9 Å². The number of sulfone groups is 1. The monoisotopic (exact) mass is 430 g/mol. The molecule has 1 aliphatic rings. The maximum atomic E-state index is 13.1. The van der Waals surface area contributed by atoms with Crippen molar-refractivity contribution in [3.8, 4) is 17.6 Å². The van der Waals surface area contributed by atoms with E-state index in [0.29, 0.717) is 5.75 Å². The fourth-order valence-corrected chi connectivity index (χ4v) is 6.36. The van der Waals surface area contributed by atoms with Gasteiger partial charge in [0.1, 0.15) is 18.4 Å². The molecule has 0 aliphatic carbocycles. The van der Waals surface area contributed by atoms with Crippen molar-refractivity contribution in [3.63, 3.8) is 0 Å². The normalized spacial score (nSPS) is 21.2. The Labute approximate surface area is 164 Å². The Hall–Kier alpha value is -2.13. The second-order valence-corrected chi connectivity index (χ2v) is 11.2. The number of hydroxylamine groups is 1. The molecule has 0 unspecified atom stereocenters. The van der Waals surface area contributed by atoms with E-state index in [1.165, 1.54) is 43.6 Å². The summed E-state index contributed by atoms with van der Waals surface area (Å²) in [6.45, 7) is 3.93. The Morgan fingerprint density at radius 3 is 2.50 bits per heavy atom. The second-order valence-electron chi connectivity index (χ2n) is 6.60. The van der Waals surface area contributed by atoms with Crippen LogP contribution in [0.25, 0.3) is 0 Å². The van der Waals surface area contributed by atoms with Crippen LogP contribution in [0.2, 0.25) is 0 Å². The summed E-state index contributed by atoms with van der Waals surface area (Å²) < 4.78 is 55.4. The van der Waals surface area contributed by atoms with Gasteiger partial charge in [0.05, 0.1) is 15.4 Å². The molecule has 0 bridgehead atoms. The molecule has 0 radical (unpaired) electrons. The van der Waals surface area contributed by atoms with Crippen LogP contribution < -0.4 is 10.2 Å². The second kappa shape index (κ2) is 8.08. The van der Waals surface area contributed by atoms with Crippen LogP contribution >= 0.6 is 0 Å². The number of nitrogens with zero attached hydrogens (tertiary/aromatic N) is 1. The van der Waals surface area contributed by atoms with Gasteiger partial charge in [-0.05, 0) is 45.0 Å². The molecule has 1 amide bonds. The number of hydrogen-bond acceptors (Lipinski definition) is 7. The van der Waals surface area contributed by atoms with E-state index in [9.17, 15) is 21.6 Å². The van der Waals surface area contributed by atoms with Crippen LogP contribution in [0.4, 0.5) is 0 Å². The summed E-state index contributed by atoms with van der Waals surface area (Å²) in [7, 11) is -7.99. The standard InChI is InChI=1S/C17H22N2O7S2/c1-4-5-11-26-13-6-8-14(9-7-13)28(24,25)19-10-12-27(22,23)17(2,3)15(19)16(20)18-21/h6-9,15,21H,10-12H2,1-3H3,(H,18,20)/t15-/m0/s1. The van der Waals surface area contributed by atoms with E-state index in [0.717, 1.165) is 4.31 Å². The van der Waals surface area contributed by atoms with Crippen LogP contribution in [0.15, 0.2) is 29.2 Å². The number of nitrogens with one attached hydrogen (secondary N) is 1. The van der Waals surface area contributed by atoms with Gasteiger partial charge in [-0.1, -0.05) is 5.92 Å². The van der Waals surface area contributed by atoms with Crippen molar-refractivity contribution in [2.45, 2.75) is 36.5 Å². The molecule has 1 saturated heterocycles. The lowest BCUT2D eigenvalue weighted by Gasteiger charge is -2.43. The lowest BCUT2D eigenvalue weighted by atomic mass is 10.0. The first kappa shape index (κ1) is 22.2. The smallest absolute Gasteiger partial charge is 0.263 e. The molecule has 0 aromatic heterocycles. The number of rotatable bonds is 5. The van der Waals surface area contributed by atoms with E-state index in [1.54, 1.807) is 6.92 Å². The topological polar surface area (TPSA) is 130 Å². The molecule has 1 fully saturated rings. The van der Waals surface area contributed by atoms with Crippen LogP contribution in [0, 0.1) is 11.8 Å². The number of sulfonamides is 1. The molecule has 1 heterocycles. The molecule has 1 aromatic rings. The molecule has 0 saturated carbocycles. The quantitative estimate of drug-likeness (QED) is 0.387. The summed E-state index contributed by atoms with van der Waals surface area (Å²) in [5.74, 6) is 4.23. The van der Waals surface area contributed by atoms with E-state index in [-0.39, 0.29) is 11.5 Å². The molecule has 28 heavy (non-hydrogen) atoms. The van der Waals surface area contributed by atoms with Gasteiger partial charge in [0.15, 0.2) is 9.84 Å². The van der Waals surface area contributed by atoms with Gasteiger partial charge < -0.3 is 4.74 Å². The summed E-state index contributed by atoms with van der Waals surface area (Å²) >= 11 is 0. The van der Waals surface area contributed by atoms with Crippen molar-refractivity contribution in [2.75, 3.05) is 18.9 Å². The Bertz CT molecular complexity index is 1000. The maximum Gasteiger partial charge on any atom is 0.263 e. The zero-order chi connectivity index (χ0) is 21.2. The molecule has 1 atom stereocenters. The van der Waals surface area contributed by atoms with Gasteiger partial charge in [0, 0.05) is 6.54 Å². The summed E-state index contributed by atoms with van der Waals surface area (Å²) in [4.78, 5) is 12.1. The van der Waals surface area contributed by atoms with Crippen molar-refractivity contribution in [2.24, 2.45) is 0 Å². The molecule has 2 rings (SSSR count). The van der Waals surface area contributed by atoms with Gasteiger partial charge in [-0.25, -0.2) is 22.3 Å². The van der Waals surface area contributed by atoms with Crippen molar-refractivity contribution in [1.29, 1.82) is 0 Å². The largest absolute Gasteiger partial charge is 0.481 e. The van der Waals surface area contributed by atoms with Crippen LogP contribution in [0.3, 0.4) is 0 Å². The molecule has 9 nitrogen and oxygen atoms in total. The minimum atomic E-state index is -4.22. The number of ether oxygens (including phenoxy) is 1. The average Bonchev–Trinajstić information content (AvgIpc) is 2.63.